The van der Waals surface area contributed by atoms with E-state index in [9.17, 15) is 4.79 Å². The lowest BCUT2D eigenvalue weighted by atomic mass is 10.1. The lowest BCUT2D eigenvalue weighted by Gasteiger charge is -2.33. The lowest BCUT2D eigenvalue weighted by molar-refractivity contribution is -0.121. The standard InChI is InChI=1S/C21H26N2O5/c1-15-2-5-18(28-15)17(23-8-10-25-11-9-23)13-22-21(24)7-4-16-3-6-19-20(12-16)27-14-26-19/h2-3,5-6,12,17H,4,7-11,13-14H2,1H3,(H,22,24). The van der Waals surface area contributed by atoms with E-state index in [0.29, 0.717) is 32.6 Å². The maximum atomic E-state index is 12.4. The van der Waals surface area contributed by atoms with Crippen molar-refractivity contribution in [2.45, 2.75) is 25.8 Å². The van der Waals surface area contributed by atoms with Crippen molar-refractivity contribution in [1.82, 2.24) is 10.2 Å². The van der Waals surface area contributed by atoms with Crippen molar-refractivity contribution in [2.75, 3.05) is 39.6 Å². The van der Waals surface area contributed by atoms with E-state index >= 15 is 0 Å². The highest BCUT2D eigenvalue weighted by molar-refractivity contribution is 5.76. The second kappa shape index (κ2) is 8.67. The number of hydrogen-bond acceptors (Lipinski definition) is 6. The zero-order valence-electron chi connectivity index (χ0n) is 16.1. The molecule has 28 heavy (non-hydrogen) atoms. The van der Waals surface area contributed by atoms with Crippen molar-refractivity contribution in [1.29, 1.82) is 0 Å². The van der Waals surface area contributed by atoms with Crippen molar-refractivity contribution in [3.8, 4) is 11.5 Å². The first-order valence-electron chi connectivity index (χ1n) is 9.72. The van der Waals surface area contributed by atoms with Crippen LogP contribution in [0.2, 0.25) is 0 Å². The van der Waals surface area contributed by atoms with Crippen LogP contribution in [0.5, 0.6) is 11.5 Å². The van der Waals surface area contributed by atoms with Crippen LogP contribution in [0, 0.1) is 6.92 Å². The summed E-state index contributed by atoms with van der Waals surface area (Å²) in [6.45, 7) is 5.78. The predicted octanol–water partition coefficient (Wildman–Crippen LogP) is 2.44. The van der Waals surface area contributed by atoms with Crippen LogP contribution in [0.3, 0.4) is 0 Å². The van der Waals surface area contributed by atoms with Crippen molar-refractivity contribution in [3.63, 3.8) is 0 Å². The molecule has 7 heteroatoms. The molecule has 0 aliphatic carbocycles. The summed E-state index contributed by atoms with van der Waals surface area (Å²) in [6, 6.07) is 9.79. The maximum absolute atomic E-state index is 12.4. The number of morpholine rings is 1. The summed E-state index contributed by atoms with van der Waals surface area (Å²) >= 11 is 0. The Morgan fingerprint density at radius 1 is 1.14 bits per heavy atom. The fourth-order valence-corrected chi connectivity index (χ4v) is 3.58. The van der Waals surface area contributed by atoms with E-state index < -0.39 is 0 Å². The van der Waals surface area contributed by atoms with Crippen LogP contribution in [0.1, 0.15) is 29.5 Å². The molecule has 1 saturated heterocycles. The fourth-order valence-electron chi connectivity index (χ4n) is 3.58. The summed E-state index contributed by atoms with van der Waals surface area (Å²) < 4.78 is 22.0. The van der Waals surface area contributed by atoms with Crippen molar-refractivity contribution in [3.05, 3.63) is 47.4 Å². The minimum Gasteiger partial charge on any atom is -0.465 e. The van der Waals surface area contributed by atoms with Crippen LogP contribution >= 0.6 is 0 Å². The van der Waals surface area contributed by atoms with Crippen molar-refractivity contribution in [2.24, 2.45) is 0 Å². The molecule has 4 rings (SSSR count). The van der Waals surface area contributed by atoms with Crippen molar-refractivity contribution >= 4 is 5.91 Å². The number of amides is 1. The second-order valence-corrected chi connectivity index (χ2v) is 7.10. The summed E-state index contributed by atoms with van der Waals surface area (Å²) in [6.07, 6.45) is 1.08. The minimum atomic E-state index is 0.0205. The quantitative estimate of drug-likeness (QED) is 0.788. The van der Waals surface area contributed by atoms with E-state index in [-0.39, 0.29) is 18.7 Å². The van der Waals surface area contributed by atoms with Crippen LogP contribution < -0.4 is 14.8 Å². The van der Waals surface area contributed by atoms with Crippen LogP contribution in [0.15, 0.2) is 34.7 Å². The van der Waals surface area contributed by atoms with Gasteiger partial charge in [0.2, 0.25) is 12.7 Å². The van der Waals surface area contributed by atoms with Gasteiger partial charge in [0.25, 0.3) is 0 Å². The van der Waals surface area contributed by atoms with E-state index in [1.807, 2.05) is 37.3 Å². The van der Waals surface area contributed by atoms with Crippen LogP contribution in [0.25, 0.3) is 0 Å². The van der Waals surface area contributed by atoms with Gasteiger partial charge in [0.1, 0.15) is 11.5 Å². The summed E-state index contributed by atoms with van der Waals surface area (Å²) in [5.41, 5.74) is 1.06. The van der Waals surface area contributed by atoms with Crippen LogP contribution in [0.4, 0.5) is 0 Å². The zero-order valence-corrected chi connectivity index (χ0v) is 16.1. The van der Waals surface area contributed by atoms with Gasteiger partial charge in [-0.2, -0.15) is 0 Å². The van der Waals surface area contributed by atoms with E-state index in [1.54, 1.807) is 0 Å². The Morgan fingerprint density at radius 3 is 2.75 bits per heavy atom. The number of benzene rings is 1. The van der Waals surface area contributed by atoms with Gasteiger partial charge >= 0.3 is 0 Å². The first-order valence-corrected chi connectivity index (χ1v) is 9.72. The Balaban J connectivity index is 1.32. The summed E-state index contributed by atoms with van der Waals surface area (Å²) in [7, 11) is 0. The molecular formula is C21H26N2O5. The molecule has 1 atom stereocenters. The van der Waals surface area contributed by atoms with Gasteiger partial charge in [-0.1, -0.05) is 6.07 Å². The highest BCUT2D eigenvalue weighted by Crippen LogP contribution is 2.32. The van der Waals surface area contributed by atoms with E-state index in [2.05, 4.69) is 10.2 Å². The van der Waals surface area contributed by atoms with Gasteiger partial charge in [-0.05, 0) is 43.2 Å². The molecule has 2 aliphatic heterocycles. The van der Waals surface area contributed by atoms with Gasteiger partial charge in [0.15, 0.2) is 11.5 Å². The third-order valence-corrected chi connectivity index (χ3v) is 5.15. The molecule has 1 aromatic heterocycles. The third kappa shape index (κ3) is 4.48. The van der Waals surface area contributed by atoms with Crippen molar-refractivity contribution < 1.29 is 23.4 Å². The molecule has 1 aromatic carbocycles. The normalized spacial score (nSPS) is 17.5. The molecule has 1 unspecified atom stereocenters. The molecule has 1 amide bonds. The van der Waals surface area contributed by atoms with Crippen LogP contribution in [-0.2, 0) is 16.0 Å². The van der Waals surface area contributed by atoms with Gasteiger partial charge < -0.3 is 23.9 Å². The Morgan fingerprint density at radius 2 is 1.96 bits per heavy atom. The van der Waals surface area contributed by atoms with Crippen LogP contribution in [-0.4, -0.2) is 50.4 Å². The largest absolute Gasteiger partial charge is 0.465 e. The molecule has 1 N–H and O–H groups in total. The first-order chi connectivity index (χ1) is 13.7. The molecule has 150 valence electrons. The molecule has 0 bridgehead atoms. The number of rotatable bonds is 7. The molecular weight excluding hydrogens is 360 g/mol. The minimum absolute atomic E-state index is 0.0205. The molecule has 0 saturated carbocycles. The number of carbonyl (C=O) groups excluding carboxylic acids is 1. The smallest absolute Gasteiger partial charge is 0.231 e. The Kier molecular flexibility index (Phi) is 5.83. The average molecular weight is 386 g/mol. The number of fused-ring (bicyclic) bond motifs is 1. The molecule has 0 spiro atoms. The van der Waals surface area contributed by atoms with Gasteiger partial charge in [0.05, 0.1) is 19.3 Å². The molecule has 2 aromatic rings. The zero-order chi connectivity index (χ0) is 19.3. The highest BCUT2D eigenvalue weighted by atomic mass is 16.7. The Bertz CT molecular complexity index is 813. The van der Waals surface area contributed by atoms with Gasteiger partial charge in [0, 0.05) is 26.1 Å². The monoisotopic (exact) mass is 386 g/mol. The maximum Gasteiger partial charge on any atom is 0.231 e. The lowest BCUT2D eigenvalue weighted by Crippen LogP contribution is -2.43. The Labute approximate surface area is 164 Å². The van der Waals surface area contributed by atoms with Gasteiger partial charge in [-0.25, -0.2) is 0 Å². The third-order valence-electron chi connectivity index (χ3n) is 5.15. The summed E-state index contributed by atoms with van der Waals surface area (Å²) in [4.78, 5) is 14.7. The number of carbonyl (C=O) groups is 1. The second-order valence-electron chi connectivity index (χ2n) is 7.10. The molecule has 1 fully saturated rings. The molecule has 2 aliphatic rings. The number of nitrogens with zero attached hydrogens (tertiary/aromatic N) is 1. The first kappa shape index (κ1) is 18.8. The highest BCUT2D eigenvalue weighted by Gasteiger charge is 2.25. The molecule has 3 heterocycles. The van der Waals surface area contributed by atoms with E-state index in [0.717, 1.165) is 41.7 Å². The predicted molar refractivity (Wildman–Crippen MR) is 102 cm³/mol. The van der Waals surface area contributed by atoms with Gasteiger partial charge in [-0.15, -0.1) is 0 Å². The summed E-state index contributed by atoms with van der Waals surface area (Å²) in [5, 5.41) is 3.07. The number of nitrogens with one attached hydrogen (secondary N) is 1. The number of hydrogen-bond donors (Lipinski definition) is 1. The number of aryl methyl sites for hydroxylation is 2. The van der Waals surface area contributed by atoms with E-state index in [1.165, 1.54) is 0 Å². The summed E-state index contributed by atoms with van der Waals surface area (Å²) in [5.74, 6) is 3.30. The number of ether oxygens (including phenoxy) is 3. The van der Waals surface area contributed by atoms with E-state index in [4.69, 9.17) is 18.6 Å². The molecule has 7 nitrogen and oxygen atoms in total. The van der Waals surface area contributed by atoms with Gasteiger partial charge in [-0.3, -0.25) is 9.69 Å². The Hall–Kier alpha value is -2.51. The fraction of sp³-hybridized carbons (Fsp3) is 0.476. The SMILES string of the molecule is Cc1ccc(C(CNC(=O)CCc2ccc3c(c2)OCO3)N2CCOCC2)o1. The number of furan rings is 1. The molecule has 0 radical (unpaired) electrons. The topological polar surface area (TPSA) is 73.2 Å². The average Bonchev–Trinajstić information content (AvgIpc) is 3.36.